The second-order valence-corrected chi connectivity index (χ2v) is 4.63. The molecule has 0 radical (unpaired) electrons. The Morgan fingerprint density at radius 3 is 2.47 bits per heavy atom. The molecule has 1 aromatic carbocycles. The van der Waals surface area contributed by atoms with E-state index in [1.54, 1.807) is 50.3 Å². The van der Waals surface area contributed by atoms with Crippen molar-refractivity contribution in [2.24, 2.45) is 0 Å². The number of nitrogens with one attached hydrogen (secondary N) is 1. The largest absolute Gasteiger partial charge is 0.399 e. The van der Waals surface area contributed by atoms with E-state index >= 15 is 0 Å². The van der Waals surface area contributed by atoms with E-state index in [0.717, 1.165) is 0 Å². The molecule has 0 fully saturated rings. The molecule has 6 nitrogen and oxygen atoms in total. The van der Waals surface area contributed by atoms with Crippen molar-refractivity contribution in [3.05, 3.63) is 24.3 Å². The maximum atomic E-state index is 11.8. The van der Waals surface area contributed by atoms with Crippen LogP contribution in [0, 0.1) is 0 Å². The standard InChI is InChI=1S/C13H20N4O2/c1-16(2)13(19)9-17(3)8-12(18)15-11-6-4-5-10(14)7-11/h4-7H,8-9,14H2,1-3H3,(H,15,18). The Balaban J connectivity index is 2.45. The van der Waals surface area contributed by atoms with Crippen LogP contribution in [0.15, 0.2) is 24.3 Å². The van der Waals surface area contributed by atoms with Gasteiger partial charge in [-0.1, -0.05) is 6.07 Å². The maximum absolute atomic E-state index is 11.8. The van der Waals surface area contributed by atoms with Gasteiger partial charge < -0.3 is 16.0 Å². The fourth-order valence-corrected chi connectivity index (χ4v) is 1.49. The van der Waals surface area contributed by atoms with Crippen LogP contribution in [-0.4, -0.2) is 55.8 Å². The van der Waals surface area contributed by atoms with E-state index < -0.39 is 0 Å². The Kier molecular flexibility index (Phi) is 5.32. The normalized spacial score (nSPS) is 10.3. The summed E-state index contributed by atoms with van der Waals surface area (Å²) < 4.78 is 0. The van der Waals surface area contributed by atoms with Gasteiger partial charge in [0, 0.05) is 25.5 Å². The number of nitrogen functional groups attached to an aromatic ring is 1. The molecular weight excluding hydrogens is 244 g/mol. The van der Waals surface area contributed by atoms with Gasteiger partial charge in [-0.25, -0.2) is 0 Å². The van der Waals surface area contributed by atoms with E-state index in [1.165, 1.54) is 4.90 Å². The molecule has 6 heteroatoms. The van der Waals surface area contributed by atoms with Gasteiger partial charge in [0.25, 0.3) is 0 Å². The van der Waals surface area contributed by atoms with E-state index in [-0.39, 0.29) is 24.9 Å². The molecule has 0 aliphatic rings. The molecule has 0 saturated carbocycles. The molecule has 1 rings (SSSR count). The molecule has 0 aliphatic heterocycles. The van der Waals surface area contributed by atoms with Crippen molar-refractivity contribution in [2.45, 2.75) is 0 Å². The van der Waals surface area contributed by atoms with Crippen LogP contribution in [0.3, 0.4) is 0 Å². The molecule has 0 aromatic heterocycles. The lowest BCUT2D eigenvalue weighted by Gasteiger charge is -2.18. The molecule has 1 aromatic rings. The van der Waals surface area contributed by atoms with E-state index in [2.05, 4.69) is 5.32 Å². The summed E-state index contributed by atoms with van der Waals surface area (Å²) in [5.74, 6) is -0.223. The van der Waals surface area contributed by atoms with Crippen LogP contribution in [0.4, 0.5) is 11.4 Å². The fourth-order valence-electron chi connectivity index (χ4n) is 1.49. The van der Waals surface area contributed by atoms with Gasteiger partial charge in [-0.2, -0.15) is 0 Å². The van der Waals surface area contributed by atoms with Gasteiger partial charge in [-0.05, 0) is 25.2 Å². The lowest BCUT2D eigenvalue weighted by molar-refractivity contribution is -0.130. The van der Waals surface area contributed by atoms with Gasteiger partial charge in [0.15, 0.2) is 0 Å². The van der Waals surface area contributed by atoms with Crippen molar-refractivity contribution in [2.75, 3.05) is 45.3 Å². The number of carbonyl (C=O) groups excluding carboxylic acids is 2. The zero-order valence-corrected chi connectivity index (χ0v) is 11.5. The van der Waals surface area contributed by atoms with Gasteiger partial charge in [0.1, 0.15) is 0 Å². The number of nitrogens with zero attached hydrogens (tertiary/aromatic N) is 2. The number of hydrogen-bond donors (Lipinski definition) is 2. The van der Waals surface area contributed by atoms with Gasteiger partial charge in [-0.3, -0.25) is 14.5 Å². The van der Waals surface area contributed by atoms with Crippen LogP contribution >= 0.6 is 0 Å². The Hall–Kier alpha value is -2.08. The van der Waals surface area contributed by atoms with Crippen LogP contribution in [0.5, 0.6) is 0 Å². The van der Waals surface area contributed by atoms with Crippen molar-refractivity contribution in [1.29, 1.82) is 0 Å². The third-order valence-electron chi connectivity index (χ3n) is 2.49. The minimum Gasteiger partial charge on any atom is -0.399 e. The first kappa shape index (κ1) is 15.0. The lowest BCUT2D eigenvalue weighted by atomic mass is 10.3. The smallest absolute Gasteiger partial charge is 0.238 e. The summed E-state index contributed by atoms with van der Waals surface area (Å²) in [4.78, 5) is 26.4. The van der Waals surface area contributed by atoms with Gasteiger partial charge in [0.05, 0.1) is 13.1 Å². The highest BCUT2D eigenvalue weighted by atomic mass is 16.2. The number of amides is 2. The van der Waals surface area contributed by atoms with E-state index in [9.17, 15) is 9.59 Å². The average molecular weight is 264 g/mol. The van der Waals surface area contributed by atoms with Crippen molar-refractivity contribution < 1.29 is 9.59 Å². The first-order chi connectivity index (χ1) is 8.88. The molecule has 0 spiro atoms. The first-order valence-corrected chi connectivity index (χ1v) is 5.92. The molecule has 0 bridgehead atoms. The van der Waals surface area contributed by atoms with Crippen molar-refractivity contribution in [1.82, 2.24) is 9.80 Å². The van der Waals surface area contributed by atoms with Crippen molar-refractivity contribution in [3.63, 3.8) is 0 Å². The molecule has 0 atom stereocenters. The summed E-state index contributed by atoms with van der Waals surface area (Å²) in [6.07, 6.45) is 0. The summed E-state index contributed by atoms with van der Waals surface area (Å²) in [5.41, 5.74) is 6.86. The quantitative estimate of drug-likeness (QED) is 0.746. The zero-order valence-electron chi connectivity index (χ0n) is 11.5. The zero-order chi connectivity index (χ0) is 14.4. The monoisotopic (exact) mass is 264 g/mol. The van der Waals surface area contributed by atoms with Crippen LogP contribution in [0.1, 0.15) is 0 Å². The van der Waals surface area contributed by atoms with Crippen LogP contribution in [0.25, 0.3) is 0 Å². The number of nitrogens with two attached hydrogens (primary N) is 1. The SMILES string of the molecule is CN(CC(=O)Nc1cccc(N)c1)CC(=O)N(C)C. The van der Waals surface area contributed by atoms with Crippen LogP contribution in [0.2, 0.25) is 0 Å². The van der Waals surface area contributed by atoms with Gasteiger partial charge in [0.2, 0.25) is 11.8 Å². The molecule has 2 amide bonds. The topological polar surface area (TPSA) is 78.7 Å². The maximum Gasteiger partial charge on any atom is 0.238 e. The molecule has 0 unspecified atom stereocenters. The molecule has 0 heterocycles. The first-order valence-electron chi connectivity index (χ1n) is 5.92. The predicted molar refractivity (Wildman–Crippen MR) is 75.7 cm³/mol. The molecule has 19 heavy (non-hydrogen) atoms. The van der Waals surface area contributed by atoms with Crippen molar-refractivity contribution >= 4 is 23.2 Å². The summed E-state index contributed by atoms with van der Waals surface area (Å²) in [5, 5.41) is 2.73. The van der Waals surface area contributed by atoms with Crippen LogP contribution in [-0.2, 0) is 9.59 Å². The van der Waals surface area contributed by atoms with Crippen molar-refractivity contribution in [3.8, 4) is 0 Å². The summed E-state index contributed by atoms with van der Waals surface area (Å²) in [6.45, 7) is 0.353. The Labute approximate surface area is 113 Å². The van der Waals surface area contributed by atoms with E-state index in [1.807, 2.05) is 0 Å². The third-order valence-corrected chi connectivity index (χ3v) is 2.49. The summed E-state index contributed by atoms with van der Waals surface area (Å²) >= 11 is 0. The second kappa shape index (κ2) is 6.75. The molecule has 3 N–H and O–H groups in total. The average Bonchev–Trinajstić information content (AvgIpc) is 2.27. The summed E-state index contributed by atoms with van der Waals surface area (Å²) in [6, 6.07) is 6.96. The Morgan fingerprint density at radius 2 is 1.89 bits per heavy atom. The highest BCUT2D eigenvalue weighted by Crippen LogP contribution is 2.11. The lowest BCUT2D eigenvalue weighted by Crippen LogP contribution is -2.38. The summed E-state index contributed by atoms with van der Waals surface area (Å²) in [7, 11) is 5.09. The number of anilines is 2. The number of rotatable bonds is 5. The number of likely N-dealkylation sites (N-methyl/N-ethyl adjacent to an activating group) is 2. The number of hydrogen-bond acceptors (Lipinski definition) is 4. The highest BCUT2D eigenvalue weighted by Gasteiger charge is 2.12. The Morgan fingerprint density at radius 1 is 1.21 bits per heavy atom. The van der Waals surface area contributed by atoms with E-state index in [0.29, 0.717) is 11.4 Å². The van der Waals surface area contributed by atoms with Gasteiger partial charge >= 0.3 is 0 Å². The highest BCUT2D eigenvalue weighted by molar-refractivity contribution is 5.93. The molecule has 0 aliphatic carbocycles. The van der Waals surface area contributed by atoms with E-state index in [4.69, 9.17) is 5.73 Å². The van der Waals surface area contributed by atoms with Gasteiger partial charge in [-0.15, -0.1) is 0 Å². The Bertz CT molecular complexity index is 460. The molecule has 0 saturated heterocycles. The minimum atomic E-state index is -0.181. The fraction of sp³-hybridized carbons (Fsp3) is 0.385. The van der Waals surface area contributed by atoms with Crippen LogP contribution < -0.4 is 11.1 Å². The molecule has 104 valence electrons. The molecular formula is C13H20N4O2. The predicted octanol–water partition coefficient (Wildman–Crippen LogP) is 0.227. The second-order valence-electron chi connectivity index (χ2n) is 4.63. The minimum absolute atomic E-state index is 0.0424. The number of carbonyl (C=O) groups is 2. The number of benzene rings is 1. The third kappa shape index (κ3) is 5.39.